The van der Waals surface area contributed by atoms with Crippen LogP contribution in [0.3, 0.4) is 0 Å². The fraction of sp³-hybridized carbons (Fsp3) is 0.190. The maximum atomic E-state index is 4.39. The van der Waals surface area contributed by atoms with E-state index in [0.29, 0.717) is 0 Å². The molecular weight excluding hydrogens is 280 g/mol. The van der Waals surface area contributed by atoms with E-state index in [9.17, 15) is 0 Å². The van der Waals surface area contributed by atoms with Crippen LogP contribution in [0.4, 0.5) is 0 Å². The van der Waals surface area contributed by atoms with Crippen molar-refractivity contribution in [3.05, 3.63) is 78.3 Å². The molecule has 0 saturated carbocycles. The van der Waals surface area contributed by atoms with E-state index in [1.165, 1.54) is 0 Å². The molecule has 0 radical (unpaired) electrons. The predicted octanol–water partition coefficient (Wildman–Crippen LogP) is 6.45. The Morgan fingerprint density at radius 2 is 1.57 bits per heavy atom. The molecule has 0 aliphatic carbocycles. The number of nitrogens with one attached hydrogen (secondary N) is 1. The molecule has 0 aromatic carbocycles. The second-order valence-electron chi connectivity index (χ2n) is 4.04. The number of aromatic nitrogens is 1. The first-order valence-corrected chi connectivity index (χ1v) is 7.96. The number of H-pyrrole nitrogens is 1. The minimum absolute atomic E-state index is 0.866. The lowest BCUT2D eigenvalue weighted by atomic mass is 10.1. The van der Waals surface area contributed by atoms with Gasteiger partial charge in [-0.2, -0.15) is 0 Å². The van der Waals surface area contributed by atoms with Gasteiger partial charge >= 0.3 is 0 Å². The highest BCUT2D eigenvalue weighted by Gasteiger charge is 2.12. The smallest absolute Gasteiger partial charge is 0.0729 e. The average molecular weight is 308 g/mol. The number of nitrogens with zero attached hydrogens (tertiary/aromatic N) is 1. The Hall–Kier alpha value is -2.61. The third kappa shape index (κ3) is 4.68. The van der Waals surface area contributed by atoms with Crippen LogP contribution in [0.5, 0.6) is 0 Å². The Labute approximate surface area is 141 Å². The molecule has 0 saturated heterocycles. The number of rotatable bonds is 5. The van der Waals surface area contributed by atoms with Crippen LogP contribution in [0.15, 0.2) is 66.5 Å². The van der Waals surface area contributed by atoms with Crippen molar-refractivity contribution in [2.45, 2.75) is 27.7 Å². The van der Waals surface area contributed by atoms with Crippen LogP contribution in [0.1, 0.15) is 44.5 Å². The van der Waals surface area contributed by atoms with Crippen molar-refractivity contribution < 1.29 is 0 Å². The van der Waals surface area contributed by atoms with E-state index in [1.54, 1.807) is 24.4 Å². The average Bonchev–Trinajstić information content (AvgIpc) is 3.21. The molecule has 0 unspecified atom stereocenters. The van der Waals surface area contributed by atoms with Crippen molar-refractivity contribution in [1.29, 1.82) is 0 Å². The highest BCUT2D eigenvalue weighted by molar-refractivity contribution is 5.92. The van der Waals surface area contributed by atoms with Crippen molar-refractivity contribution in [3.8, 4) is 0 Å². The molecule has 2 rings (SSSR count). The van der Waals surface area contributed by atoms with E-state index < -0.39 is 0 Å². The summed E-state index contributed by atoms with van der Waals surface area (Å²) in [4.78, 5) is 7.59. The molecule has 1 aromatic heterocycles. The Morgan fingerprint density at radius 3 is 2.04 bits per heavy atom. The zero-order valence-corrected chi connectivity index (χ0v) is 14.8. The van der Waals surface area contributed by atoms with E-state index >= 15 is 0 Å². The Balaban J connectivity index is 0.00000112. The minimum atomic E-state index is 0.866. The topological polar surface area (TPSA) is 28.1 Å². The Morgan fingerprint density at radius 1 is 0.913 bits per heavy atom. The second kappa shape index (κ2) is 11.0. The van der Waals surface area contributed by atoms with Gasteiger partial charge in [0.15, 0.2) is 0 Å². The molecule has 2 heterocycles. The molecule has 2 heteroatoms. The molecular formula is C21H28N2. The Kier molecular flexibility index (Phi) is 9.77. The number of aromatic amines is 1. The fourth-order valence-corrected chi connectivity index (χ4v) is 2.05. The first-order valence-electron chi connectivity index (χ1n) is 7.96. The largest absolute Gasteiger partial charge is 0.361 e. The van der Waals surface area contributed by atoms with Gasteiger partial charge in [0.05, 0.1) is 5.70 Å². The van der Waals surface area contributed by atoms with Gasteiger partial charge in [0.1, 0.15) is 0 Å². The molecule has 1 aliphatic heterocycles. The first kappa shape index (κ1) is 20.4. The van der Waals surface area contributed by atoms with Crippen LogP contribution in [-0.2, 0) is 0 Å². The standard InChI is InChI=1S/C17H16N2.2C2H6/c1-5-12-10-18-16(14(12)7-3)9-17-15(8-4)13(6-2)11-19-17;2*1-2/h5-11,18H,1-4H2;2*1-2H3/b17-9-;;. The number of hydrogen-bond acceptors (Lipinski definition) is 1. The van der Waals surface area contributed by atoms with Gasteiger partial charge in [0.2, 0.25) is 0 Å². The van der Waals surface area contributed by atoms with E-state index in [2.05, 4.69) is 36.3 Å². The van der Waals surface area contributed by atoms with Gasteiger partial charge in [0.25, 0.3) is 0 Å². The SMILES string of the molecule is C=CC1=C(C=C)/C(=C/c2[nH]cc(C=C)c2C=C)N=C1.CC.CC. The third-order valence-electron chi connectivity index (χ3n) is 3.04. The van der Waals surface area contributed by atoms with Gasteiger partial charge in [0, 0.05) is 34.8 Å². The molecule has 0 atom stereocenters. The van der Waals surface area contributed by atoms with Crippen molar-refractivity contribution in [2.24, 2.45) is 4.99 Å². The van der Waals surface area contributed by atoms with Crippen LogP contribution >= 0.6 is 0 Å². The molecule has 0 bridgehead atoms. The summed E-state index contributed by atoms with van der Waals surface area (Å²) in [6, 6.07) is 0. The van der Waals surface area contributed by atoms with Crippen LogP contribution in [0, 0.1) is 0 Å². The minimum Gasteiger partial charge on any atom is -0.361 e. The van der Waals surface area contributed by atoms with E-state index in [0.717, 1.165) is 33.7 Å². The van der Waals surface area contributed by atoms with Crippen molar-refractivity contribution in [3.63, 3.8) is 0 Å². The van der Waals surface area contributed by atoms with Gasteiger partial charge in [-0.05, 0) is 11.6 Å². The highest BCUT2D eigenvalue weighted by Crippen LogP contribution is 2.27. The zero-order valence-electron chi connectivity index (χ0n) is 14.8. The third-order valence-corrected chi connectivity index (χ3v) is 3.04. The normalized spacial score (nSPS) is 13.7. The fourth-order valence-electron chi connectivity index (χ4n) is 2.05. The Bertz CT molecular complexity index is 649. The highest BCUT2D eigenvalue weighted by atomic mass is 14.8. The van der Waals surface area contributed by atoms with Crippen LogP contribution in [0.25, 0.3) is 18.2 Å². The van der Waals surface area contributed by atoms with E-state index in [1.807, 2.05) is 46.0 Å². The van der Waals surface area contributed by atoms with Gasteiger partial charge in [-0.25, -0.2) is 0 Å². The zero-order chi connectivity index (χ0) is 17.8. The van der Waals surface area contributed by atoms with Crippen LogP contribution < -0.4 is 0 Å². The second-order valence-corrected chi connectivity index (χ2v) is 4.04. The molecule has 1 aromatic rings. The van der Waals surface area contributed by atoms with Crippen LogP contribution in [-0.4, -0.2) is 11.2 Å². The summed E-state index contributed by atoms with van der Waals surface area (Å²) in [6.45, 7) is 23.2. The first-order chi connectivity index (χ1) is 11.2. The lowest BCUT2D eigenvalue weighted by Gasteiger charge is -2.00. The summed E-state index contributed by atoms with van der Waals surface area (Å²) in [5, 5.41) is 0. The summed E-state index contributed by atoms with van der Waals surface area (Å²) < 4.78 is 0. The maximum Gasteiger partial charge on any atom is 0.0729 e. The molecule has 0 fully saturated rings. The number of allylic oxidation sites excluding steroid dienone is 3. The quantitative estimate of drug-likeness (QED) is 0.647. The maximum absolute atomic E-state index is 4.39. The predicted molar refractivity (Wildman–Crippen MR) is 108 cm³/mol. The summed E-state index contributed by atoms with van der Waals surface area (Å²) in [5.41, 5.74) is 5.84. The monoisotopic (exact) mass is 308 g/mol. The lowest BCUT2D eigenvalue weighted by molar-refractivity contribution is 1.34. The van der Waals surface area contributed by atoms with Gasteiger partial charge in [-0.1, -0.05) is 78.3 Å². The van der Waals surface area contributed by atoms with E-state index in [-0.39, 0.29) is 0 Å². The van der Waals surface area contributed by atoms with E-state index in [4.69, 9.17) is 0 Å². The van der Waals surface area contributed by atoms with Gasteiger partial charge in [-0.15, -0.1) is 0 Å². The number of hydrogen-bond donors (Lipinski definition) is 1. The molecule has 23 heavy (non-hydrogen) atoms. The summed E-state index contributed by atoms with van der Waals surface area (Å²) >= 11 is 0. The molecule has 0 spiro atoms. The van der Waals surface area contributed by atoms with Gasteiger partial charge in [-0.3, -0.25) is 4.99 Å². The van der Waals surface area contributed by atoms with Crippen molar-refractivity contribution >= 4 is 24.4 Å². The summed E-state index contributed by atoms with van der Waals surface area (Å²) in [6.07, 6.45) is 12.9. The number of aliphatic imine (C=N–C) groups is 1. The summed E-state index contributed by atoms with van der Waals surface area (Å²) in [5.74, 6) is 0. The van der Waals surface area contributed by atoms with Crippen molar-refractivity contribution in [2.75, 3.05) is 0 Å². The summed E-state index contributed by atoms with van der Waals surface area (Å²) in [7, 11) is 0. The van der Waals surface area contributed by atoms with Gasteiger partial charge < -0.3 is 4.98 Å². The molecule has 122 valence electrons. The molecule has 2 nitrogen and oxygen atoms in total. The molecule has 0 amide bonds. The molecule has 1 aliphatic rings. The van der Waals surface area contributed by atoms with Crippen molar-refractivity contribution in [1.82, 2.24) is 4.98 Å². The van der Waals surface area contributed by atoms with Crippen LogP contribution in [0.2, 0.25) is 0 Å². The molecule has 1 N–H and O–H groups in total. The lowest BCUT2D eigenvalue weighted by Crippen LogP contribution is -1.84.